The van der Waals surface area contributed by atoms with E-state index in [0.717, 1.165) is 11.1 Å². The highest BCUT2D eigenvalue weighted by Crippen LogP contribution is 2.33. The Morgan fingerprint density at radius 1 is 1.23 bits per heavy atom. The van der Waals surface area contributed by atoms with Gasteiger partial charge in [0, 0.05) is 25.4 Å². The number of pyridine rings is 1. The highest BCUT2D eigenvalue weighted by atomic mass is 16.6. The SMILES string of the molecule is O=C(NCc1cccnc1)C1CC(c2ccccc2)OC1=O. The predicted molar refractivity (Wildman–Crippen MR) is 79.5 cm³/mol. The minimum absolute atomic E-state index is 0.299. The number of aromatic nitrogens is 1. The fourth-order valence-corrected chi connectivity index (χ4v) is 2.48. The number of nitrogens with one attached hydrogen (secondary N) is 1. The summed E-state index contributed by atoms with van der Waals surface area (Å²) < 4.78 is 5.32. The molecule has 5 heteroatoms. The van der Waals surface area contributed by atoms with E-state index in [4.69, 9.17) is 4.74 Å². The third-order valence-electron chi connectivity index (χ3n) is 3.67. The Hall–Kier alpha value is -2.69. The number of carbonyl (C=O) groups is 2. The summed E-state index contributed by atoms with van der Waals surface area (Å²) >= 11 is 0. The van der Waals surface area contributed by atoms with Crippen LogP contribution in [0.15, 0.2) is 54.9 Å². The monoisotopic (exact) mass is 296 g/mol. The van der Waals surface area contributed by atoms with Crippen LogP contribution in [0.3, 0.4) is 0 Å². The summed E-state index contributed by atoms with van der Waals surface area (Å²) in [6, 6.07) is 13.1. The van der Waals surface area contributed by atoms with Crippen LogP contribution in [0.5, 0.6) is 0 Å². The lowest BCUT2D eigenvalue weighted by molar-refractivity contribution is -0.147. The van der Waals surface area contributed by atoms with Crippen molar-refractivity contribution in [2.45, 2.75) is 19.1 Å². The van der Waals surface area contributed by atoms with Crippen LogP contribution in [-0.4, -0.2) is 16.9 Å². The average molecular weight is 296 g/mol. The molecule has 2 aromatic rings. The van der Waals surface area contributed by atoms with E-state index in [1.807, 2.05) is 36.4 Å². The molecule has 0 bridgehead atoms. The van der Waals surface area contributed by atoms with Gasteiger partial charge in [0.05, 0.1) is 0 Å². The summed E-state index contributed by atoms with van der Waals surface area (Å²) in [6.45, 7) is 0.354. The fraction of sp³-hybridized carbons (Fsp3) is 0.235. The van der Waals surface area contributed by atoms with Crippen LogP contribution in [0.4, 0.5) is 0 Å². The molecule has 1 aliphatic rings. The molecule has 3 rings (SSSR count). The number of hydrogen-bond donors (Lipinski definition) is 1. The van der Waals surface area contributed by atoms with E-state index < -0.39 is 11.9 Å². The van der Waals surface area contributed by atoms with Gasteiger partial charge in [0.15, 0.2) is 0 Å². The maximum Gasteiger partial charge on any atom is 0.319 e. The zero-order valence-electron chi connectivity index (χ0n) is 11.9. The molecule has 5 nitrogen and oxygen atoms in total. The van der Waals surface area contributed by atoms with Crippen LogP contribution >= 0.6 is 0 Å². The first-order valence-corrected chi connectivity index (χ1v) is 7.16. The first-order valence-electron chi connectivity index (χ1n) is 7.16. The lowest BCUT2D eigenvalue weighted by Gasteiger charge is -2.08. The molecule has 0 aliphatic carbocycles. The van der Waals surface area contributed by atoms with E-state index in [1.54, 1.807) is 18.5 Å². The Morgan fingerprint density at radius 2 is 2.05 bits per heavy atom. The maximum atomic E-state index is 12.2. The van der Waals surface area contributed by atoms with Crippen molar-refractivity contribution in [1.82, 2.24) is 10.3 Å². The molecule has 0 radical (unpaired) electrons. The van der Waals surface area contributed by atoms with Crippen LogP contribution in [0.25, 0.3) is 0 Å². The maximum absolute atomic E-state index is 12.2. The summed E-state index contributed by atoms with van der Waals surface area (Å²) in [5, 5.41) is 2.76. The molecule has 1 aliphatic heterocycles. The molecule has 112 valence electrons. The van der Waals surface area contributed by atoms with Crippen LogP contribution in [0.2, 0.25) is 0 Å². The molecule has 1 aromatic heterocycles. The third-order valence-corrected chi connectivity index (χ3v) is 3.67. The number of benzene rings is 1. The lowest BCUT2D eigenvalue weighted by atomic mass is 9.99. The largest absolute Gasteiger partial charge is 0.457 e. The summed E-state index contributed by atoms with van der Waals surface area (Å²) in [5.41, 5.74) is 1.81. The van der Waals surface area contributed by atoms with Gasteiger partial charge in [0.25, 0.3) is 0 Å². The molecule has 1 saturated heterocycles. The van der Waals surface area contributed by atoms with Crippen molar-refractivity contribution in [2.24, 2.45) is 5.92 Å². The number of carbonyl (C=O) groups excluding carboxylic acids is 2. The first-order chi connectivity index (χ1) is 10.7. The summed E-state index contributed by atoms with van der Waals surface area (Å²) in [7, 11) is 0. The van der Waals surface area contributed by atoms with Gasteiger partial charge in [-0.2, -0.15) is 0 Å². The summed E-state index contributed by atoms with van der Waals surface area (Å²) in [5.74, 6) is -1.51. The molecule has 1 fully saturated rings. The second kappa shape index (κ2) is 6.39. The molecule has 1 aromatic carbocycles. The van der Waals surface area contributed by atoms with Crippen LogP contribution in [0, 0.1) is 5.92 Å². The topological polar surface area (TPSA) is 68.3 Å². The van der Waals surface area contributed by atoms with Gasteiger partial charge < -0.3 is 10.1 Å². The number of ether oxygens (including phenoxy) is 1. The van der Waals surface area contributed by atoms with E-state index in [2.05, 4.69) is 10.3 Å². The summed E-state index contributed by atoms with van der Waals surface area (Å²) in [6.07, 6.45) is 3.38. The third kappa shape index (κ3) is 3.14. The van der Waals surface area contributed by atoms with Gasteiger partial charge in [0.2, 0.25) is 5.91 Å². The number of esters is 1. The van der Waals surface area contributed by atoms with Crippen molar-refractivity contribution in [3.63, 3.8) is 0 Å². The van der Waals surface area contributed by atoms with E-state index in [9.17, 15) is 9.59 Å². The Kier molecular flexibility index (Phi) is 4.14. The number of amides is 1. The highest BCUT2D eigenvalue weighted by Gasteiger charge is 2.39. The van der Waals surface area contributed by atoms with Crippen molar-refractivity contribution in [3.05, 3.63) is 66.0 Å². The molecular formula is C17H16N2O3. The Morgan fingerprint density at radius 3 is 2.77 bits per heavy atom. The van der Waals surface area contributed by atoms with Crippen LogP contribution in [-0.2, 0) is 20.9 Å². The molecule has 1 N–H and O–H groups in total. The lowest BCUT2D eigenvalue weighted by Crippen LogP contribution is -2.32. The quantitative estimate of drug-likeness (QED) is 0.692. The number of nitrogens with zero attached hydrogens (tertiary/aromatic N) is 1. The number of rotatable bonds is 4. The van der Waals surface area contributed by atoms with Gasteiger partial charge in [0.1, 0.15) is 12.0 Å². The van der Waals surface area contributed by atoms with E-state index in [0.29, 0.717) is 13.0 Å². The van der Waals surface area contributed by atoms with E-state index in [1.165, 1.54) is 0 Å². The first kappa shape index (κ1) is 14.3. The second-order valence-corrected chi connectivity index (χ2v) is 5.20. The number of cyclic esters (lactones) is 1. The smallest absolute Gasteiger partial charge is 0.319 e. The van der Waals surface area contributed by atoms with Gasteiger partial charge >= 0.3 is 5.97 Å². The number of hydrogen-bond acceptors (Lipinski definition) is 4. The molecule has 0 saturated carbocycles. The molecule has 0 spiro atoms. The van der Waals surface area contributed by atoms with E-state index in [-0.39, 0.29) is 12.0 Å². The van der Waals surface area contributed by atoms with Crippen molar-refractivity contribution >= 4 is 11.9 Å². The molecular weight excluding hydrogens is 280 g/mol. The average Bonchev–Trinajstić information content (AvgIpc) is 2.96. The standard InChI is InChI=1S/C17H16N2O3/c20-16(19-11-12-5-4-8-18-10-12)14-9-15(22-17(14)21)13-6-2-1-3-7-13/h1-8,10,14-15H,9,11H2,(H,19,20). The minimum Gasteiger partial charge on any atom is -0.457 e. The van der Waals surface area contributed by atoms with Gasteiger partial charge in [-0.25, -0.2) is 0 Å². The predicted octanol–water partition coefficient (Wildman–Crippen LogP) is 2.00. The Balaban J connectivity index is 1.60. The minimum atomic E-state index is -0.748. The van der Waals surface area contributed by atoms with Crippen molar-refractivity contribution in [3.8, 4) is 0 Å². The normalized spacial score (nSPS) is 20.5. The Bertz CT molecular complexity index is 658. The van der Waals surface area contributed by atoms with Crippen molar-refractivity contribution < 1.29 is 14.3 Å². The molecule has 2 unspecified atom stereocenters. The summed E-state index contributed by atoms with van der Waals surface area (Å²) in [4.78, 5) is 28.1. The van der Waals surface area contributed by atoms with Gasteiger partial charge in [-0.3, -0.25) is 14.6 Å². The zero-order chi connectivity index (χ0) is 15.4. The molecule has 22 heavy (non-hydrogen) atoms. The van der Waals surface area contributed by atoms with E-state index >= 15 is 0 Å². The Labute approximate surface area is 128 Å². The molecule has 1 amide bonds. The van der Waals surface area contributed by atoms with Gasteiger partial charge in [-0.15, -0.1) is 0 Å². The van der Waals surface area contributed by atoms with Crippen LogP contribution in [0.1, 0.15) is 23.7 Å². The van der Waals surface area contributed by atoms with Gasteiger partial charge in [-0.05, 0) is 17.2 Å². The van der Waals surface area contributed by atoms with Crippen LogP contribution < -0.4 is 5.32 Å². The highest BCUT2D eigenvalue weighted by molar-refractivity contribution is 5.99. The molecule has 2 atom stereocenters. The zero-order valence-corrected chi connectivity index (χ0v) is 11.9. The molecule has 2 heterocycles. The second-order valence-electron chi connectivity index (χ2n) is 5.20. The van der Waals surface area contributed by atoms with Gasteiger partial charge in [-0.1, -0.05) is 36.4 Å². The van der Waals surface area contributed by atoms with Crippen molar-refractivity contribution in [1.29, 1.82) is 0 Å². The fourth-order valence-electron chi connectivity index (χ4n) is 2.48. The van der Waals surface area contributed by atoms with Crippen molar-refractivity contribution in [2.75, 3.05) is 0 Å².